The molecule has 1 fully saturated rings. The number of pyridine rings is 1. The lowest BCUT2D eigenvalue weighted by atomic mass is 9.97. The van der Waals surface area contributed by atoms with Gasteiger partial charge in [-0.3, -0.25) is 4.79 Å². The summed E-state index contributed by atoms with van der Waals surface area (Å²) in [5.74, 6) is 2.09. The van der Waals surface area contributed by atoms with Crippen LogP contribution in [0.5, 0.6) is 17.2 Å². The van der Waals surface area contributed by atoms with E-state index in [4.69, 9.17) is 9.47 Å². The number of ether oxygens (including phenoxy) is 2. The molecule has 1 aliphatic rings. The van der Waals surface area contributed by atoms with Gasteiger partial charge >= 0.3 is 5.97 Å². The van der Waals surface area contributed by atoms with E-state index in [1.807, 2.05) is 49.4 Å². The molecule has 1 saturated heterocycles. The molecule has 40 heavy (non-hydrogen) atoms. The lowest BCUT2D eigenvalue weighted by Crippen LogP contribution is -2.36. The Morgan fingerprint density at radius 2 is 1.62 bits per heavy atom. The molecule has 2 heterocycles. The Morgan fingerprint density at radius 3 is 2.30 bits per heavy atom. The molecule has 0 atom stereocenters. The Morgan fingerprint density at radius 1 is 0.925 bits per heavy atom. The number of aryl methyl sites for hydroxylation is 1. The van der Waals surface area contributed by atoms with Gasteiger partial charge in [-0.05, 0) is 91.9 Å². The third-order valence-electron chi connectivity index (χ3n) is 6.95. The molecule has 0 bridgehead atoms. The van der Waals surface area contributed by atoms with Crippen molar-refractivity contribution in [2.24, 2.45) is 5.92 Å². The number of aromatic carboxylic acids is 1. The highest BCUT2D eigenvalue weighted by Crippen LogP contribution is 2.26. The summed E-state index contributed by atoms with van der Waals surface area (Å²) in [4.78, 5) is 30.8. The van der Waals surface area contributed by atoms with E-state index in [0.29, 0.717) is 35.3 Å². The SMILES string of the molecule is Cc1ccc(C(=O)O)cc1OCC1CCN(c2ccc(NC(=O)c3ccc(Oc4ccccc4)cc3)cn2)CC1. The number of nitrogens with zero attached hydrogens (tertiary/aromatic N) is 2. The molecule has 4 aromatic rings. The maximum absolute atomic E-state index is 12.7. The number of carbonyl (C=O) groups excluding carboxylic acids is 1. The van der Waals surface area contributed by atoms with Gasteiger partial charge in [0.15, 0.2) is 0 Å². The first-order valence-corrected chi connectivity index (χ1v) is 13.3. The molecule has 0 spiro atoms. The number of aromatic nitrogens is 1. The van der Waals surface area contributed by atoms with Crippen LogP contribution in [0.15, 0.2) is 91.1 Å². The van der Waals surface area contributed by atoms with Crippen molar-refractivity contribution in [2.45, 2.75) is 19.8 Å². The van der Waals surface area contributed by atoms with Crippen LogP contribution in [0.3, 0.4) is 0 Å². The maximum Gasteiger partial charge on any atom is 0.335 e. The van der Waals surface area contributed by atoms with Gasteiger partial charge in [0.25, 0.3) is 5.91 Å². The fraction of sp³-hybridized carbons (Fsp3) is 0.219. The van der Waals surface area contributed by atoms with Gasteiger partial charge in [0.2, 0.25) is 0 Å². The first-order valence-electron chi connectivity index (χ1n) is 13.3. The lowest BCUT2D eigenvalue weighted by molar-refractivity contribution is 0.0696. The van der Waals surface area contributed by atoms with Crippen LogP contribution >= 0.6 is 0 Å². The molecule has 1 aromatic heterocycles. The zero-order chi connectivity index (χ0) is 27.9. The van der Waals surface area contributed by atoms with Gasteiger partial charge in [-0.25, -0.2) is 9.78 Å². The monoisotopic (exact) mass is 537 g/mol. The molecule has 0 saturated carbocycles. The van der Waals surface area contributed by atoms with Crippen LogP contribution in [0, 0.1) is 12.8 Å². The first kappa shape index (κ1) is 26.7. The molecule has 8 heteroatoms. The van der Waals surface area contributed by atoms with Crippen molar-refractivity contribution in [2.75, 3.05) is 29.9 Å². The standard InChI is InChI=1S/C32H31N3O5/c1-22-7-8-25(32(37)38)19-29(22)39-21-23-15-17-35(18-16-23)30-14-11-26(20-33-30)34-31(36)24-9-12-28(13-10-24)40-27-5-3-2-4-6-27/h2-14,19-20,23H,15-18,21H2,1H3,(H,34,36)(H,37,38). The molecule has 0 unspecified atom stereocenters. The maximum atomic E-state index is 12.7. The summed E-state index contributed by atoms with van der Waals surface area (Å²) in [6, 6.07) is 25.2. The zero-order valence-corrected chi connectivity index (χ0v) is 22.2. The highest BCUT2D eigenvalue weighted by molar-refractivity contribution is 6.04. The van der Waals surface area contributed by atoms with Crippen molar-refractivity contribution in [1.29, 1.82) is 0 Å². The van der Waals surface area contributed by atoms with Crippen LogP contribution < -0.4 is 19.7 Å². The Labute approximate surface area is 233 Å². The molecule has 2 N–H and O–H groups in total. The molecule has 3 aromatic carbocycles. The fourth-order valence-electron chi connectivity index (χ4n) is 4.57. The van der Waals surface area contributed by atoms with Crippen molar-refractivity contribution >= 4 is 23.4 Å². The summed E-state index contributed by atoms with van der Waals surface area (Å²) in [5, 5.41) is 12.1. The van der Waals surface area contributed by atoms with E-state index >= 15 is 0 Å². The number of nitrogens with one attached hydrogen (secondary N) is 1. The summed E-state index contributed by atoms with van der Waals surface area (Å²) in [6.45, 7) is 4.16. The third-order valence-corrected chi connectivity index (χ3v) is 6.95. The number of amides is 1. The summed E-state index contributed by atoms with van der Waals surface area (Å²) in [7, 11) is 0. The predicted octanol–water partition coefficient (Wildman–Crippen LogP) is 6.43. The van der Waals surface area contributed by atoms with Gasteiger partial charge < -0.3 is 24.8 Å². The van der Waals surface area contributed by atoms with E-state index in [0.717, 1.165) is 43.1 Å². The summed E-state index contributed by atoms with van der Waals surface area (Å²) < 4.78 is 11.8. The number of hydrogen-bond donors (Lipinski definition) is 2. The van der Waals surface area contributed by atoms with Crippen LogP contribution in [0.25, 0.3) is 0 Å². The Hall–Kier alpha value is -4.85. The number of carboxylic acids is 1. The predicted molar refractivity (Wildman–Crippen MR) is 154 cm³/mol. The van der Waals surface area contributed by atoms with Crippen molar-refractivity contribution in [3.8, 4) is 17.2 Å². The van der Waals surface area contributed by atoms with E-state index in [1.165, 1.54) is 0 Å². The van der Waals surface area contributed by atoms with E-state index in [2.05, 4.69) is 15.2 Å². The van der Waals surface area contributed by atoms with Crippen molar-refractivity contribution < 1.29 is 24.2 Å². The second-order valence-corrected chi connectivity index (χ2v) is 9.83. The number of benzene rings is 3. The minimum Gasteiger partial charge on any atom is -0.493 e. The molecule has 1 aliphatic heterocycles. The summed E-state index contributed by atoms with van der Waals surface area (Å²) >= 11 is 0. The van der Waals surface area contributed by atoms with Crippen LogP contribution in [-0.4, -0.2) is 41.7 Å². The van der Waals surface area contributed by atoms with Crippen LogP contribution in [0.2, 0.25) is 0 Å². The number of carbonyl (C=O) groups is 2. The number of anilines is 2. The second-order valence-electron chi connectivity index (χ2n) is 9.83. The van der Waals surface area contributed by atoms with E-state index in [9.17, 15) is 14.7 Å². The highest BCUT2D eigenvalue weighted by Gasteiger charge is 2.21. The Balaban J connectivity index is 1.09. The smallest absolute Gasteiger partial charge is 0.335 e. The summed E-state index contributed by atoms with van der Waals surface area (Å²) in [5.41, 5.74) is 2.31. The highest BCUT2D eigenvalue weighted by atomic mass is 16.5. The van der Waals surface area contributed by atoms with Gasteiger partial charge in [-0.2, -0.15) is 0 Å². The molecular formula is C32H31N3O5. The largest absolute Gasteiger partial charge is 0.493 e. The quantitative estimate of drug-likeness (QED) is 0.254. The van der Waals surface area contributed by atoms with Gasteiger partial charge in [-0.15, -0.1) is 0 Å². The van der Waals surface area contributed by atoms with Gasteiger partial charge in [0.1, 0.15) is 23.1 Å². The molecule has 0 radical (unpaired) electrons. The number of hydrogen-bond acceptors (Lipinski definition) is 6. The zero-order valence-electron chi connectivity index (χ0n) is 22.2. The fourth-order valence-corrected chi connectivity index (χ4v) is 4.57. The van der Waals surface area contributed by atoms with Crippen molar-refractivity contribution in [3.05, 3.63) is 108 Å². The van der Waals surface area contributed by atoms with Crippen LogP contribution in [0.4, 0.5) is 11.5 Å². The van der Waals surface area contributed by atoms with Crippen molar-refractivity contribution in [1.82, 2.24) is 4.98 Å². The van der Waals surface area contributed by atoms with Gasteiger partial charge in [-0.1, -0.05) is 24.3 Å². The number of para-hydroxylation sites is 1. The number of rotatable bonds is 9. The van der Waals surface area contributed by atoms with E-state index < -0.39 is 5.97 Å². The van der Waals surface area contributed by atoms with E-state index in [-0.39, 0.29) is 11.5 Å². The van der Waals surface area contributed by atoms with Crippen LogP contribution in [0.1, 0.15) is 39.1 Å². The molecule has 204 valence electrons. The summed E-state index contributed by atoms with van der Waals surface area (Å²) in [6.07, 6.45) is 3.57. The minimum atomic E-state index is -0.959. The third kappa shape index (κ3) is 6.77. The molecule has 0 aliphatic carbocycles. The minimum absolute atomic E-state index is 0.217. The molecule has 8 nitrogen and oxygen atoms in total. The second kappa shape index (κ2) is 12.3. The topological polar surface area (TPSA) is 101 Å². The van der Waals surface area contributed by atoms with Gasteiger partial charge in [0.05, 0.1) is 24.1 Å². The number of carboxylic acid groups (broad SMARTS) is 1. The Bertz CT molecular complexity index is 1450. The molecule has 5 rings (SSSR count). The first-order chi connectivity index (χ1) is 19.4. The average molecular weight is 538 g/mol. The molecular weight excluding hydrogens is 506 g/mol. The van der Waals surface area contributed by atoms with Crippen LogP contribution in [-0.2, 0) is 0 Å². The normalized spacial score (nSPS) is 13.5. The lowest BCUT2D eigenvalue weighted by Gasteiger charge is -2.32. The van der Waals surface area contributed by atoms with E-state index in [1.54, 1.807) is 48.7 Å². The van der Waals surface area contributed by atoms with Crippen molar-refractivity contribution in [3.63, 3.8) is 0 Å². The Kier molecular flexibility index (Phi) is 8.25. The molecule has 1 amide bonds. The number of piperidine rings is 1. The van der Waals surface area contributed by atoms with Gasteiger partial charge in [0, 0.05) is 18.7 Å². The average Bonchev–Trinajstić information content (AvgIpc) is 2.98.